The fraction of sp³-hybridized carbons (Fsp3) is 0.500. The highest BCUT2D eigenvalue weighted by Gasteiger charge is 2.61. The fourth-order valence-corrected chi connectivity index (χ4v) is 4.74. The molecule has 0 radical (unpaired) electrons. The fourth-order valence-electron chi connectivity index (χ4n) is 4.74. The van der Waals surface area contributed by atoms with Gasteiger partial charge in [-0.3, -0.25) is 14.4 Å². The molecule has 1 aromatic carbocycles. The van der Waals surface area contributed by atoms with E-state index in [0.717, 1.165) is 23.5 Å². The maximum atomic E-state index is 13.0. The van der Waals surface area contributed by atoms with Crippen LogP contribution in [0.5, 0.6) is 0 Å². The first kappa shape index (κ1) is 17.1. The van der Waals surface area contributed by atoms with Gasteiger partial charge in [-0.05, 0) is 37.0 Å². The molecule has 4 fully saturated rings. The maximum absolute atomic E-state index is 13.0. The molecule has 0 aromatic heterocycles. The van der Waals surface area contributed by atoms with Crippen molar-refractivity contribution in [2.45, 2.75) is 32.0 Å². The monoisotopic (exact) mass is 366 g/mol. The average molecular weight is 366 g/mol. The molecule has 1 aromatic rings. The lowest BCUT2D eigenvalue weighted by atomic mass is 9.66. The molecule has 1 saturated carbocycles. The van der Waals surface area contributed by atoms with Crippen LogP contribution in [0.15, 0.2) is 24.3 Å². The Labute approximate surface area is 147 Å². The zero-order valence-electron chi connectivity index (χ0n) is 14.0. The minimum Gasteiger partial charge on any atom is -0.339 e. The summed E-state index contributed by atoms with van der Waals surface area (Å²) in [4.78, 5) is 40.2. The normalized spacial score (nSPS) is 30.8. The predicted molar refractivity (Wildman–Crippen MR) is 84.8 cm³/mol. The van der Waals surface area contributed by atoms with E-state index in [-0.39, 0.29) is 23.6 Å². The number of alkyl halides is 3. The first-order valence-corrected chi connectivity index (χ1v) is 8.52. The third kappa shape index (κ3) is 2.34. The summed E-state index contributed by atoms with van der Waals surface area (Å²) in [5.41, 5.74) is -0.961. The number of imide groups is 1. The number of carbonyl (C=O) groups excluding carboxylic acids is 3. The highest BCUT2D eigenvalue weighted by atomic mass is 19.4. The number of halogens is 3. The summed E-state index contributed by atoms with van der Waals surface area (Å²) in [6.45, 7) is 1.86. The average Bonchev–Trinajstić information content (AvgIpc) is 2.87. The van der Waals surface area contributed by atoms with Crippen LogP contribution in [-0.2, 0) is 20.6 Å². The largest absolute Gasteiger partial charge is 0.416 e. The van der Waals surface area contributed by atoms with E-state index < -0.39 is 35.4 Å². The number of fused-ring (bicyclic) bond motifs is 2. The summed E-state index contributed by atoms with van der Waals surface area (Å²) in [6, 6.07) is 3.92. The van der Waals surface area contributed by atoms with Crippen LogP contribution in [0.25, 0.3) is 0 Å². The molecule has 5 rings (SSSR count). The molecule has 0 N–H and O–H groups in total. The van der Waals surface area contributed by atoms with Crippen molar-refractivity contribution in [3.63, 3.8) is 0 Å². The highest BCUT2D eigenvalue weighted by Crippen LogP contribution is 2.49. The second kappa shape index (κ2) is 5.56. The van der Waals surface area contributed by atoms with Gasteiger partial charge in [0.1, 0.15) is 0 Å². The lowest BCUT2D eigenvalue weighted by molar-refractivity contribution is -0.148. The Morgan fingerprint density at radius 2 is 1.81 bits per heavy atom. The van der Waals surface area contributed by atoms with Crippen molar-refractivity contribution in [1.82, 2.24) is 4.90 Å². The lowest BCUT2D eigenvalue weighted by Gasteiger charge is -2.49. The molecule has 26 heavy (non-hydrogen) atoms. The molecular weight excluding hydrogens is 349 g/mol. The zero-order chi connectivity index (χ0) is 18.8. The van der Waals surface area contributed by atoms with Crippen LogP contribution in [0.1, 0.15) is 25.3 Å². The number of anilines is 1. The van der Waals surface area contributed by atoms with Crippen molar-refractivity contribution in [2.75, 3.05) is 11.4 Å². The minimum atomic E-state index is -4.56. The Hall–Kier alpha value is -2.38. The Kier molecular flexibility index (Phi) is 3.65. The van der Waals surface area contributed by atoms with Gasteiger partial charge in [0.25, 0.3) is 0 Å². The molecule has 3 amide bonds. The Balaban J connectivity index is 1.72. The first-order chi connectivity index (χ1) is 12.2. The van der Waals surface area contributed by atoms with Crippen LogP contribution in [0, 0.1) is 17.8 Å². The van der Waals surface area contributed by atoms with E-state index in [1.807, 2.05) is 0 Å². The van der Waals surface area contributed by atoms with Crippen molar-refractivity contribution < 1.29 is 27.6 Å². The van der Waals surface area contributed by atoms with Crippen LogP contribution >= 0.6 is 0 Å². The van der Waals surface area contributed by atoms with Gasteiger partial charge in [0.05, 0.1) is 23.1 Å². The van der Waals surface area contributed by atoms with E-state index in [9.17, 15) is 27.6 Å². The smallest absolute Gasteiger partial charge is 0.339 e. The minimum absolute atomic E-state index is 0.0574. The van der Waals surface area contributed by atoms with E-state index in [1.165, 1.54) is 19.1 Å². The Morgan fingerprint density at radius 1 is 1.12 bits per heavy atom. The Morgan fingerprint density at radius 3 is 2.46 bits per heavy atom. The first-order valence-electron chi connectivity index (χ1n) is 8.52. The number of piperidine rings is 2. The lowest BCUT2D eigenvalue weighted by Crippen LogP contribution is -2.59. The number of hydrogen-bond donors (Lipinski definition) is 0. The number of rotatable bonds is 1. The number of nitrogens with zero attached hydrogens (tertiary/aromatic N) is 2. The summed E-state index contributed by atoms with van der Waals surface area (Å²) >= 11 is 0. The SMILES string of the molecule is CC(=O)N1C[C@@H]2CC[C@H]1[C@H]1C(=O)N(c3cccc(C(F)(F)F)c3)C(=O)[C@@H]21. The van der Waals surface area contributed by atoms with Gasteiger partial charge < -0.3 is 4.90 Å². The van der Waals surface area contributed by atoms with E-state index in [2.05, 4.69) is 0 Å². The molecule has 4 aliphatic rings. The molecule has 0 spiro atoms. The van der Waals surface area contributed by atoms with Gasteiger partial charge >= 0.3 is 6.18 Å². The van der Waals surface area contributed by atoms with Gasteiger partial charge in [-0.15, -0.1) is 0 Å². The van der Waals surface area contributed by atoms with Gasteiger partial charge in [-0.1, -0.05) is 6.07 Å². The number of hydrogen-bond acceptors (Lipinski definition) is 3. The quantitative estimate of drug-likeness (QED) is 0.718. The topological polar surface area (TPSA) is 57.7 Å². The second-order valence-electron chi connectivity index (χ2n) is 7.19. The van der Waals surface area contributed by atoms with Crippen LogP contribution in [0.4, 0.5) is 18.9 Å². The summed E-state index contributed by atoms with van der Waals surface area (Å²) in [7, 11) is 0. The molecule has 5 nitrogen and oxygen atoms in total. The second-order valence-corrected chi connectivity index (χ2v) is 7.19. The van der Waals surface area contributed by atoms with Gasteiger partial charge in [0.2, 0.25) is 17.7 Å². The number of benzene rings is 1. The molecule has 1 aliphatic carbocycles. The van der Waals surface area contributed by atoms with Gasteiger partial charge in [0, 0.05) is 19.5 Å². The standard InChI is InChI=1S/C18H17F3N2O3/c1-9(24)22-8-10-5-6-13(22)15-14(10)16(25)23(17(15)26)12-4-2-3-11(7-12)18(19,20)21/h2-4,7,10,13-15H,5-6,8H2,1H3/t10-,13-,14-,15+/m0/s1. The van der Waals surface area contributed by atoms with Gasteiger partial charge in [-0.2, -0.15) is 13.2 Å². The molecule has 4 atom stereocenters. The third-order valence-electron chi connectivity index (χ3n) is 5.82. The summed E-state index contributed by atoms with van der Waals surface area (Å²) in [6.07, 6.45) is -3.18. The van der Waals surface area contributed by atoms with Crippen LogP contribution in [0.2, 0.25) is 0 Å². The molecule has 2 bridgehead atoms. The zero-order valence-corrected chi connectivity index (χ0v) is 14.0. The number of amides is 3. The Bertz CT molecular complexity index is 807. The highest BCUT2D eigenvalue weighted by molar-refractivity contribution is 6.22. The molecule has 3 heterocycles. The molecule has 0 unspecified atom stereocenters. The van der Waals surface area contributed by atoms with Crippen LogP contribution < -0.4 is 4.90 Å². The maximum Gasteiger partial charge on any atom is 0.416 e. The van der Waals surface area contributed by atoms with E-state index in [0.29, 0.717) is 13.0 Å². The van der Waals surface area contributed by atoms with E-state index in [4.69, 9.17) is 0 Å². The summed E-state index contributed by atoms with van der Waals surface area (Å²) in [5, 5.41) is 0. The summed E-state index contributed by atoms with van der Waals surface area (Å²) in [5.74, 6) is -2.42. The van der Waals surface area contributed by atoms with Crippen LogP contribution in [0.3, 0.4) is 0 Å². The van der Waals surface area contributed by atoms with Crippen molar-refractivity contribution in [3.05, 3.63) is 29.8 Å². The van der Waals surface area contributed by atoms with Crippen molar-refractivity contribution in [1.29, 1.82) is 0 Å². The van der Waals surface area contributed by atoms with Crippen molar-refractivity contribution >= 4 is 23.4 Å². The molecular formula is C18H17F3N2O3. The predicted octanol–water partition coefficient (Wildman–Crippen LogP) is 2.45. The summed E-state index contributed by atoms with van der Waals surface area (Å²) < 4.78 is 39.0. The van der Waals surface area contributed by atoms with Gasteiger partial charge in [0.15, 0.2) is 0 Å². The van der Waals surface area contributed by atoms with Gasteiger partial charge in [-0.25, -0.2) is 4.90 Å². The molecule has 3 saturated heterocycles. The van der Waals surface area contributed by atoms with E-state index >= 15 is 0 Å². The molecule has 138 valence electrons. The van der Waals surface area contributed by atoms with Crippen molar-refractivity contribution in [2.24, 2.45) is 17.8 Å². The third-order valence-corrected chi connectivity index (χ3v) is 5.82. The number of carbonyl (C=O) groups is 3. The van der Waals surface area contributed by atoms with Crippen LogP contribution in [-0.4, -0.2) is 35.2 Å². The molecule has 3 aliphatic heterocycles. The molecule has 8 heteroatoms. The van der Waals surface area contributed by atoms with E-state index in [1.54, 1.807) is 4.90 Å². The van der Waals surface area contributed by atoms with Crippen molar-refractivity contribution in [3.8, 4) is 0 Å².